The van der Waals surface area contributed by atoms with Gasteiger partial charge in [0.15, 0.2) is 0 Å². The Morgan fingerprint density at radius 2 is 1.80 bits per heavy atom. The van der Waals surface area contributed by atoms with Crippen LogP contribution in [0.2, 0.25) is 0 Å². The molecule has 0 aliphatic rings. The van der Waals surface area contributed by atoms with Crippen LogP contribution in [-0.2, 0) is 0 Å². The number of aliphatic hydroxyl groups is 1. The number of benzene rings is 3. The molecule has 2 N–H and O–H groups in total. The van der Waals surface area contributed by atoms with E-state index >= 15 is 0 Å². The van der Waals surface area contributed by atoms with E-state index in [2.05, 4.69) is 20.7 Å². The molecule has 1 atom stereocenters. The van der Waals surface area contributed by atoms with E-state index in [9.17, 15) is 19.6 Å². The fourth-order valence-corrected chi connectivity index (χ4v) is 3.62. The second-order valence-electron chi connectivity index (χ2n) is 7.02. The van der Waals surface area contributed by atoms with Crippen LogP contribution in [0.3, 0.4) is 0 Å². The number of anilines is 1. The molecule has 0 saturated heterocycles. The molecule has 35 heavy (non-hydrogen) atoms. The van der Waals surface area contributed by atoms with Crippen molar-refractivity contribution in [1.82, 2.24) is 10.2 Å². The number of nitro groups is 1. The molecule has 4 aromatic rings. The molecule has 10 nitrogen and oxygen atoms in total. The number of hydrazone groups is 1. The molecular weight excluding hydrogens is 477 g/mol. The minimum Gasteiger partial charge on any atom is -0.497 e. The Kier molecular flexibility index (Phi) is 7.33. The van der Waals surface area contributed by atoms with Gasteiger partial charge in [-0.3, -0.25) is 15.5 Å². The normalized spacial score (nSPS) is 12.3. The quantitative estimate of drug-likeness (QED) is 0.113. The summed E-state index contributed by atoms with van der Waals surface area (Å²) >= 11 is 0.931. The number of aliphatic hydroxyl groups excluding tert-OH is 1. The lowest BCUT2D eigenvalue weighted by Gasteiger charge is -2.13. The van der Waals surface area contributed by atoms with Crippen molar-refractivity contribution in [1.29, 1.82) is 0 Å². The Hall–Kier alpha value is -4.29. The van der Waals surface area contributed by atoms with Crippen LogP contribution in [0.4, 0.5) is 15.8 Å². The lowest BCUT2D eigenvalue weighted by atomic mass is 10.1. The molecule has 1 heterocycles. The van der Waals surface area contributed by atoms with Crippen molar-refractivity contribution in [3.8, 4) is 17.2 Å². The van der Waals surface area contributed by atoms with Crippen molar-refractivity contribution in [2.45, 2.75) is 11.3 Å². The second kappa shape index (κ2) is 10.8. The monoisotopic (exact) mass is 495 g/mol. The van der Waals surface area contributed by atoms with Crippen LogP contribution >= 0.6 is 11.8 Å². The molecule has 0 aliphatic heterocycles. The van der Waals surface area contributed by atoms with Crippen molar-refractivity contribution in [3.63, 3.8) is 0 Å². The molecule has 3 aromatic carbocycles. The topological polar surface area (TPSA) is 136 Å². The number of ether oxygens (including phenoxy) is 1. The predicted octanol–water partition coefficient (Wildman–Crippen LogP) is 5.04. The highest BCUT2D eigenvalue weighted by atomic mass is 32.2. The van der Waals surface area contributed by atoms with E-state index in [1.807, 2.05) is 0 Å². The van der Waals surface area contributed by atoms with Gasteiger partial charge >= 0.3 is 0 Å². The summed E-state index contributed by atoms with van der Waals surface area (Å²) < 4.78 is 24.0. The highest BCUT2D eigenvalue weighted by Crippen LogP contribution is 2.30. The number of nitrogens with zero attached hydrogens (tertiary/aromatic N) is 4. The van der Waals surface area contributed by atoms with Crippen LogP contribution in [0.25, 0.3) is 11.5 Å². The molecule has 0 radical (unpaired) electrons. The van der Waals surface area contributed by atoms with Gasteiger partial charge in [0, 0.05) is 17.7 Å². The van der Waals surface area contributed by atoms with Crippen LogP contribution in [0.1, 0.15) is 11.7 Å². The van der Waals surface area contributed by atoms with E-state index in [0.29, 0.717) is 22.6 Å². The van der Waals surface area contributed by atoms with Gasteiger partial charge in [-0.05, 0) is 65.9 Å². The SMILES string of the molecule is COc1ccc(C(O)/C(=N/Nc2ccc([N+](=O)[O-])cc2)Sc2nnc(-c3ccc(F)cc3)o2)cc1. The maximum atomic E-state index is 13.2. The number of hydrogen-bond donors (Lipinski definition) is 2. The smallest absolute Gasteiger partial charge is 0.283 e. The van der Waals surface area contributed by atoms with Gasteiger partial charge in [-0.25, -0.2) is 4.39 Å². The molecule has 1 aromatic heterocycles. The molecule has 0 amide bonds. The van der Waals surface area contributed by atoms with E-state index in [-0.39, 0.29) is 21.8 Å². The van der Waals surface area contributed by atoms with E-state index < -0.39 is 16.8 Å². The predicted molar refractivity (Wildman–Crippen MR) is 128 cm³/mol. The first-order chi connectivity index (χ1) is 16.9. The molecule has 1 unspecified atom stereocenters. The van der Waals surface area contributed by atoms with Gasteiger partial charge in [-0.2, -0.15) is 5.10 Å². The molecule has 12 heteroatoms. The molecule has 0 saturated carbocycles. The number of nitrogens with one attached hydrogen (secondary N) is 1. The van der Waals surface area contributed by atoms with Crippen LogP contribution in [0.15, 0.2) is 87.5 Å². The standard InChI is InChI=1S/C23H18FN5O5S/c1-33-19-12-4-14(5-13-19)20(30)22(27-25-17-8-10-18(11-9-17)29(31)32)35-23-28-26-21(34-23)15-2-6-16(24)7-3-15/h2-13,20,25,30H,1H3/b27-22-. The highest BCUT2D eigenvalue weighted by molar-refractivity contribution is 8.13. The minimum atomic E-state index is -1.17. The molecule has 0 fully saturated rings. The van der Waals surface area contributed by atoms with Gasteiger partial charge in [-0.1, -0.05) is 12.1 Å². The van der Waals surface area contributed by atoms with Crippen molar-refractivity contribution >= 4 is 28.2 Å². The molecular formula is C23H18FN5O5S. The zero-order valence-corrected chi connectivity index (χ0v) is 19.0. The number of nitro benzene ring substituents is 1. The van der Waals surface area contributed by atoms with Crippen molar-refractivity contribution in [2.75, 3.05) is 12.5 Å². The summed E-state index contributed by atoms with van der Waals surface area (Å²) in [5.41, 5.74) is 4.24. The third-order valence-electron chi connectivity index (χ3n) is 4.73. The number of methoxy groups -OCH3 is 1. The van der Waals surface area contributed by atoms with Gasteiger partial charge in [-0.15, -0.1) is 10.2 Å². The van der Waals surface area contributed by atoms with Crippen LogP contribution < -0.4 is 10.2 Å². The number of rotatable bonds is 8. The maximum absolute atomic E-state index is 13.2. The van der Waals surface area contributed by atoms with E-state index in [1.54, 1.807) is 24.3 Å². The number of halogens is 1. The van der Waals surface area contributed by atoms with Crippen LogP contribution in [0, 0.1) is 15.9 Å². The third-order valence-corrected chi connectivity index (χ3v) is 5.59. The fraction of sp³-hybridized carbons (Fsp3) is 0.0870. The second-order valence-corrected chi connectivity index (χ2v) is 8.00. The van der Waals surface area contributed by atoms with Gasteiger partial charge in [0.1, 0.15) is 22.7 Å². The van der Waals surface area contributed by atoms with Gasteiger partial charge < -0.3 is 14.3 Å². The fourth-order valence-electron chi connectivity index (χ4n) is 2.90. The highest BCUT2D eigenvalue weighted by Gasteiger charge is 2.21. The zero-order chi connectivity index (χ0) is 24.8. The number of thioether (sulfide) groups is 1. The third kappa shape index (κ3) is 5.99. The van der Waals surface area contributed by atoms with E-state index in [1.165, 1.54) is 55.6 Å². The van der Waals surface area contributed by atoms with Crippen LogP contribution in [0.5, 0.6) is 5.75 Å². The summed E-state index contributed by atoms with van der Waals surface area (Å²) in [4.78, 5) is 10.4. The van der Waals surface area contributed by atoms with E-state index in [0.717, 1.165) is 11.8 Å². The average molecular weight is 495 g/mol. The Morgan fingerprint density at radius 1 is 1.11 bits per heavy atom. The Bertz CT molecular complexity index is 1330. The molecule has 4 rings (SSSR count). The first kappa shape index (κ1) is 23.9. The van der Waals surface area contributed by atoms with E-state index in [4.69, 9.17) is 9.15 Å². The van der Waals surface area contributed by atoms with Gasteiger partial charge in [0.05, 0.1) is 17.7 Å². The molecule has 178 valence electrons. The summed E-state index contributed by atoms with van der Waals surface area (Å²) in [5.74, 6) is 0.406. The number of aromatic nitrogens is 2. The Morgan fingerprint density at radius 3 is 2.43 bits per heavy atom. The Labute approximate surface area is 202 Å². The molecule has 0 aliphatic carbocycles. The zero-order valence-electron chi connectivity index (χ0n) is 18.2. The van der Waals surface area contributed by atoms with Crippen molar-refractivity contribution in [3.05, 3.63) is 94.3 Å². The molecule has 0 bridgehead atoms. The summed E-state index contributed by atoms with van der Waals surface area (Å²) in [5, 5.41) is 34.4. The minimum absolute atomic E-state index is 0.0634. The maximum Gasteiger partial charge on any atom is 0.283 e. The van der Waals surface area contributed by atoms with Gasteiger partial charge in [0.25, 0.3) is 10.9 Å². The van der Waals surface area contributed by atoms with Crippen molar-refractivity contribution < 1.29 is 23.6 Å². The lowest BCUT2D eigenvalue weighted by molar-refractivity contribution is -0.384. The lowest BCUT2D eigenvalue weighted by Crippen LogP contribution is -2.11. The number of non-ortho nitro benzene ring substituents is 1. The first-order valence-electron chi connectivity index (χ1n) is 10.1. The first-order valence-corrected chi connectivity index (χ1v) is 10.9. The summed E-state index contributed by atoms with van der Waals surface area (Å²) in [6.45, 7) is 0. The summed E-state index contributed by atoms with van der Waals surface area (Å²) in [6.07, 6.45) is -1.17. The number of hydrogen-bond acceptors (Lipinski definition) is 10. The average Bonchev–Trinajstić information content (AvgIpc) is 3.35. The summed E-state index contributed by atoms with van der Waals surface area (Å²) in [6, 6.07) is 18.0. The Balaban J connectivity index is 1.59. The van der Waals surface area contributed by atoms with Crippen LogP contribution in [-0.4, -0.2) is 32.4 Å². The van der Waals surface area contributed by atoms with Gasteiger partial charge in [0.2, 0.25) is 5.89 Å². The van der Waals surface area contributed by atoms with Crippen molar-refractivity contribution in [2.24, 2.45) is 5.10 Å². The largest absolute Gasteiger partial charge is 0.497 e. The molecule has 0 spiro atoms. The summed E-state index contributed by atoms with van der Waals surface area (Å²) in [7, 11) is 1.54.